The molecular formula is C53H57FN10O6. The summed E-state index contributed by atoms with van der Waals surface area (Å²) < 4.78 is 23.6. The number of halogens is 1. The van der Waals surface area contributed by atoms with Crippen LogP contribution in [0.25, 0.3) is 32.9 Å². The van der Waals surface area contributed by atoms with Gasteiger partial charge in [0.15, 0.2) is 5.82 Å². The van der Waals surface area contributed by atoms with E-state index in [0.29, 0.717) is 69.8 Å². The fraction of sp³-hybridized carbons (Fsp3) is 0.453. The molecular weight excluding hydrogens is 892 g/mol. The Morgan fingerprint density at radius 2 is 1.61 bits per heavy atom. The van der Waals surface area contributed by atoms with Crippen molar-refractivity contribution in [3.05, 3.63) is 77.2 Å². The van der Waals surface area contributed by atoms with Gasteiger partial charge in [-0.2, -0.15) is 9.97 Å². The number of fused-ring (bicyclic) bond motifs is 3. The Bertz CT molecular complexity index is 2980. The summed E-state index contributed by atoms with van der Waals surface area (Å²) in [6, 6.07) is 13.4. The quantitative estimate of drug-likeness (QED) is 0.120. The van der Waals surface area contributed by atoms with Crippen molar-refractivity contribution < 1.29 is 33.4 Å². The SMILES string of the molecule is C#Cc1cccc2cc(O)cc(-c3ncc4c(N5CC(C)NC(C)C5)nc(OCC5(CN6CCN(CC7CCN(c8ccc9c(c8)C(=O)N(C8CCC(=O)NC8=O)C9=O)CC7)CC6)CC5)nc4c3F)c12. The molecule has 0 spiro atoms. The molecule has 11 rings (SSSR count). The Hall–Kier alpha value is -6.74. The fourth-order valence-electron chi connectivity index (χ4n) is 11.5. The Kier molecular flexibility index (Phi) is 11.9. The Balaban J connectivity index is 0.720. The van der Waals surface area contributed by atoms with Gasteiger partial charge < -0.3 is 34.8 Å². The molecule has 1 saturated carbocycles. The van der Waals surface area contributed by atoms with Gasteiger partial charge in [0.05, 0.1) is 23.1 Å². The number of anilines is 2. The lowest BCUT2D eigenvalue weighted by atomic mass is 9.95. The summed E-state index contributed by atoms with van der Waals surface area (Å²) in [5, 5.41) is 18.3. The van der Waals surface area contributed by atoms with Gasteiger partial charge in [-0.1, -0.05) is 18.1 Å². The standard InChI is InChI=1S/C53H57FN10O6/c1-4-34-6-5-7-35-22-37(65)24-40(44(34)35)46-45(54)47-41(25-55-46)48(63-26-31(2)56-32(3)27-63)59-52(58-47)70-30-53(14-15-53)29-61-20-18-60(19-21-61)28-33-12-16-62(17-13-33)36-8-9-38-39(23-36)51(69)64(50(38)68)42-10-11-43(66)57-49(42)67/h1,5-9,22-25,31-33,42,56,65H,10-21,26-30H2,2-3H3,(H,57,66,67). The lowest BCUT2D eigenvalue weighted by Crippen LogP contribution is -2.54. The molecule has 3 N–H and O–H groups in total. The highest BCUT2D eigenvalue weighted by molar-refractivity contribution is 6.23. The molecule has 5 fully saturated rings. The molecule has 3 aromatic carbocycles. The van der Waals surface area contributed by atoms with Gasteiger partial charge in [0.2, 0.25) is 11.8 Å². The van der Waals surface area contributed by atoms with E-state index in [4.69, 9.17) is 21.1 Å². The van der Waals surface area contributed by atoms with Crippen molar-refractivity contribution in [2.45, 2.75) is 70.5 Å². The largest absolute Gasteiger partial charge is 0.508 e. The predicted octanol–water partition coefficient (Wildman–Crippen LogP) is 4.95. The zero-order valence-electron chi connectivity index (χ0n) is 39.5. The number of nitrogens with one attached hydrogen (secondary N) is 2. The number of rotatable bonds is 11. The Morgan fingerprint density at radius 3 is 2.34 bits per heavy atom. The van der Waals surface area contributed by atoms with Crippen LogP contribution in [0.5, 0.6) is 11.8 Å². The summed E-state index contributed by atoms with van der Waals surface area (Å²) in [4.78, 5) is 75.8. The first-order valence-electron chi connectivity index (χ1n) is 24.6. The van der Waals surface area contributed by atoms with Gasteiger partial charge in [-0.25, -0.2) is 4.39 Å². The minimum Gasteiger partial charge on any atom is -0.508 e. The lowest BCUT2D eigenvalue weighted by molar-refractivity contribution is -0.136. The van der Waals surface area contributed by atoms with E-state index in [0.717, 1.165) is 88.6 Å². The van der Waals surface area contributed by atoms with Gasteiger partial charge >= 0.3 is 6.01 Å². The van der Waals surface area contributed by atoms with Crippen LogP contribution in [0.3, 0.4) is 0 Å². The highest BCUT2D eigenvalue weighted by atomic mass is 19.1. The molecule has 0 radical (unpaired) electrons. The van der Waals surface area contributed by atoms with Gasteiger partial charge in [-0.3, -0.25) is 34.4 Å². The molecule has 3 atom stereocenters. The maximum absolute atomic E-state index is 17.1. The van der Waals surface area contributed by atoms with E-state index in [1.165, 1.54) is 6.07 Å². The number of phenols is 1. The van der Waals surface area contributed by atoms with Gasteiger partial charge in [0, 0.05) is 118 Å². The number of imide groups is 2. The first kappa shape index (κ1) is 45.7. The molecule has 5 aromatic rings. The predicted molar refractivity (Wildman–Crippen MR) is 262 cm³/mol. The summed E-state index contributed by atoms with van der Waals surface area (Å²) in [7, 11) is 0. The number of pyridine rings is 1. The van der Waals surface area contributed by atoms with E-state index >= 15 is 4.39 Å². The highest BCUT2D eigenvalue weighted by Gasteiger charge is 2.47. The molecule has 6 aliphatic rings. The third-order valence-electron chi connectivity index (χ3n) is 15.3. The van der Waals surface area contributed by atoms with E-state index in [1.54, 1.807) is 30.5 Å². The number of amides is 4. The molecule has 1 aliphatic carbocycles. The van der Waals surface area contributed by atoms with E-state index in [-0.39, 0.29) is 53.3 Å². The van der Waals surface area contributed by atoms with Crippen molar-refractivity contribution in [2.75, 3.05) is 81.9 Å². The van der Waals surface area contributed by atoms with Crippen LogP contribution in [0.1, 0.15) is 78.7 Å². The van der Waals surface area contributed by atoms with Crippen molar-refractivity contribution in [2.24, 2.45) is 11.3 Å². The molecule has 362 valence electrons. The molecule has 70 heavy (non-hydrogen) atoms. The van der Waals surface area contributed by atoms with Crippen LogP contribution in [-0.4, -0.2) is 149 Å². The monoisotopic (exact) mass is 948 g/mol. The zero-order chi connectivity index (χ0) is 48.4. The second kappa shape index (κ2) is 18.2. The van der Waals surface area contributed by atoms with Crippen LogP contribution in [0.4, 0.5) is 15.9 Å². The molecule has 2 aromatic heterocycles. The van der Waals surface area contributed by atoms with Gasteiger partial charge in [0.1, 0.15) is 28.8 Å². The number of carbonyl (C=O) groups excluding carboxylic acids is 4. The van der Waals surface area contributed by atoms with Gasteiger partial charge in [-0.15, -0.1) is 6.42 Å². The number of ether oxygens (including phenoxy) is 1. The number of piperazine rings is 2. The molecule has 4 saturated heterocycles. The van der Waals surface area contributed by atoms with E-state index in [9.17, 15) is 24.3 Å². The van der Waals surface area contributed by atoms with Crippen molar-refractivity contribution >= 4 is 56.8 Å². The van der Waals surface area contributed by atoms with Crippen molar-refractivity contribution in [3.63, 3.8) is 0 Å². The van der Waals surface area contributed by atoms with E-state index in [1.807, 2.05) is 18.2 Å². The van der Waals surface area contributed by atoms with Gasteiger partial charge in [-0.05, 0) is 93.7 Å². The number of carbonyl (C=O) groups is 4. The number of hydrogen-bond acceptors (Lipinski definition) is 14. The minimum atomic E-state index is -0.982. The molecule has 4 amide bonds. The summed E-state index contributed by atoms with van der Waals surface area (Å²) in [5.74, 6) is 1.18. The fourth-order valence-corrected chi connectivity index (χ4v) is 11.5. The third-order valence-corrected chi connectivity index (χ3v) is 15.3. The zero-order valence-corrected chi connectivity index (χ0v) is 39.5. The number of terminal acetylenes is 1. The first-order valence-corrected chi connectivity index (χ1v) is 24.6. The highest BCUT2D eigenvalue weighted by Crippen LogP contribution is 2.47. The van der Waals surface area contributed by atoms with Crippen molar-refractivity contribution in [1.82, 2.24) is 40.3 Å². The number of piperidine rings is 2. The molecule has 0 bridgehead atoms. The molecule has 7 heterocycles. The van der Waals surface area contributed by atoms with Crippen LogP contribution in [-0.2, 0) is 9.59 Å². The lowest BCUT2D eigenvalue weighted by Gasteiger charge is -2.40. The first-order chi connectivity index (χ1) is 33.8. The van der Waals surface area contributed by atoms with Crippen LogP contribution >= 0.6 is 0 Å². The Morgan fingerprint density at radius 1 is 0.871 bits per heavy atom. The van der Waals surface area contributed by atoms with Crippen molar-refractivity contribution in [3.8, 4) is 35.4 Å². The second-order valence-corrected chi connectivity index (χ2v) is 20.4. The number of aromatic nitrogens is 3. The van der Waals surface area contributed by atoms with E-state index in [2.05, 4.69) is 55.0 Å². The van der Waals surface area contributed by atoms with Crippen LogP contribution in [0.2, 0.25) is 0 Å². The molecule has 5 aliphatic heterocycles. The maximum atomic E-state index is 17.1. The topological polar surface area (TPSA) is 177 Å². The third kappa shape index (κ3) is 8.66. The number of hydrogen-bond donors (Lipinski definition) is 3. The average molecular weight is 949 g/mol. The summed E-state index contributed by atoms with van der Waals surface area (Å²) in [6.07, 6.45) is 11.8. The Labute approximate surface area is 405 Å². The smallest absolute Gasteiger partial charge is 0.319 e. The molecule has 17 heteroatoms. The number of nitrogens with zero attached hydrogens (tertiary/aromatic N) is 8. The van der Waals surface area contributed by atoms with Crippen LogP contribution in [0.15, 0.2) is 54.7 Å². The van der Waals surface area contributed by atoms with Crippen LogP contribution in [0, 0.1) is 29.5 Å². The maximum Gasteiger partial charge on any atom is 0.319 e. The second-order valence-electron chi connectivity index (χ2n) is 20.4. The van der Waals surface area contributed by atoms with Crippen molar-refractivity contribution in [1.29, 1.82) is 0 Å². The number of phenolic OH excluding ortho intramolecular Hbond substituents is 1. The number of aromatic hydroxyl groups is 1. The molecule has 16 nitrogen and oxygen atoms in total. The summed E-state index contributed by atoms with van der Waals surface area (Å²) in [6.45, 7) is 13.5. The summed E-state index contributed by atoms with van der Waals surface area (Å²) in [5.41, 5.74) is 2.53. The van der Waals surface area contributed by atoms with Crippen LogP contribution < -0.4 is 25.2 Å². The normalized spacial score (nSPS) is 23.2. The molecule has 3 unspecified atom stereocenters. The summed E-state index contributed by atoms with van der Waals surface area (Å²) >= 11 is 0. The van der Waals surface area contributed by atoms with E-state index < -0.39 is 35.5 Å². The average Bonchev–Trinajstić information content (AvgIpc) is 4.07. The minimum absolute atomic E-state index is 0.0265. The van der Waals surface area contributed by atoms with Gasteiger partial charge in [0.25, 0.3) is 11.8 Å². The number of benzene rings is 3.